The van der Waals surface area contributed by atoms with Crippen LogP contribution in [0.1, 0.15) is 19.8 Å². The van der Waals surface area contributed by atoms with Crippen molar-refractivity contribution in [1.29, 1.82) is 0 Å². The van der Waals surface area contributed by atoms with E-state index in [1.54, 1.807) is 0 Å². The lowest BCUT2D eigenvalue weighted by atomic mass is 10.2. The van der Waals surface area contributed by atoms with Crippen molar-refractivity contribution in [3.05, 3.63) is 12.2 Å². The smallest absolute Gasteiger partial charge is 0.306 e. The minimum atomic E-state index is -1.06. The van der Waals surface area contributed by atoms with Crippen LogP contribution in [0.5, 0.6) is 0 Å². The number of rotatable bonds is 6. The summed E-state index contributed by atoms with van der Waals surface area (Å²) in [7, 11) is -1.06. The van der Waals surface area contributed by atoms with E-state index in [9.17, 15) is 4.79 Å². The zero-order chi connectivity index (χ0) is 11.2. The van der Waals surface area contributed by atoms with Gasteiger partial charge >= 0.3 is 5.97 Å². The van der Waals surface area contributed by atoms with Crippen molar-refractivity contribution >= 4 is 14.0 Å². The van der Waals surface area contributed by atoms with E-state index in [0.717, 1.165) is 12.5 Å². The standard InChI is InChI=1S/C11H22O2Si/c1-6-13-11(12)8-7-10(2)9-14(3,4)5/h2,6-9H2,1,3-5H3. The molecule has 0 aromatic rings. The third kappa shape index (κ3) is 8.04. The predicted octanol–water partition coefficient (Wildman–Crippen LogP) is 3.22. The first-order chi connectivity index (χ1) is 6.35. The highest BCUT2D eigenvalue weighted by atomic mass is 28.3. The molecule has 0 radical (unpaired) electrons. The van der Waals surface area contributed by atoms with Gasteiger partial charge in [0.15, 0.2) is 0 Å². The lowest BCUT2D eigenvalue weighted by molar-refractivity contribution is -0.143. The van der Waals surface area contributed by atoms with Gasteiger partial charge in [-0.3, -0.25) is 4.79 Å². The highest BCUT2D eigenvalue weighted by Gasteiger charge is 2.15. The SMILES string of the molecule is C=C(CCC(=O)OCC)C[Si](C)(C)C. The fourth-order valence-electron chi connectivity index (χ4n) is 1.35. The van der Waals surface area contributed by atoms with Gasteiger partial charge in [0.05, 0.1) is 6.61 Å². The Bertz CT molecular complexity index is 204. The second-order valence-corrected chi connectivity index (χ2v) is 10.3. The van der Waals surface area contributed by atoms with Gasteiger partial charge in [0.25, 0.3) is 0 Å². The van der Waals surface area contributed by atoms with Gasteiger partial charge in [-0.25, -0.2) is 0 Å². The molecule has 0 atom stereocenters. The number of hydrogen-bond acceptors (Lipinski definition) is 2. The summed E-state index contributed by atoms with van der Waals surface area (Å²) in [6, 6.07) is 1.10. The Morgan fingerprint density at radius 2 is 1.86 bits per heavy atom. The summed E-state index contributed by atoms with van der Waals surface area (Å²) in [5.74, 6) is -0.107. The fraction of sp³-hybridized carbons (Fsp3) is 0.727. The molecule has 0 N–H and O–H groups in total. The molecule has 0 unspecified atom stereocenters. The van der Waals surface area contributed by atoms with Crippen molar-refractivity contribution in [2.75, 3.05) is 6.61 Å². The van der Waals surface area contributed by atoms with Crippen LogP contribution in [0.3, 0.4) is 0 Å². The molecule has 0 heterocycles. The molecule has 0 aromatic heterocycles. The van der Waals surface area contributed by atoms with Crippen LogP contribution < -0.4 is 0 Å². The summed E-state index contributed by atoms with van der Waals surface area (Å²) in [5.41, 5.74) is 1.19. The third-order valence-electron chi connectivity index (χ3n) is 1.77. The molecule has 0 fully saturated rings. The zero-order valence-corrected chi connectivity index (χ0v) is 10.9. The number of esters is 1. The monoisotopic (exact) mass is 214 g/mol. The van der Waals surface area contributed by atoms with Crippen LogP contribution in [-0.4, -0.2) is 20.7 Å². The van der Waals surface area contributed by atoms with E-state index in [-0.39, 0.29) is 5.97 Å². The van der Waals surface area contributed by atoms with Gasteiger partial charge in [-0.05, 0) is 19.4 Å². The van der Waals surface area contributed by atoms with E-state index in [1.807, 2.05) is 6.92 Å². The molecular weight excluding hydrogens is 192 g/mol. The molecule has 0 aromatic carbocycles. The molecule has 2 nitrogen and oxygen atoms in total. The molecule has 0 aliphatic rings. The van der Waals surface area contributed by atoms with Crippen molar-refractivity contribution < 1.29 is 9.53 Å². The molecular formula is C11H22O2Si. The van der Waals surface area contributed by atoms with Crippen LogP contribution >= 0.6 is 0 Å². The van der Waals surface area contributed by atoms with E-state index >= 15 is 0 Å². The first kappa shape index (κ1) is 13.4. The maximum Gasteiger partial charge on any atom is 0.306 e. The molecule has 0 bridgehead atoms. The zero-order valence-electron chi connectivity index (χ0n) is 9.85. The quantitative estimate of drug-likeness (QED) is 0.385. The molecule has 82 valence electrons. The normalized spacial score (nSPS) is 11.1. The lowest BCUT2D eigenvalue weighted by Gasteiger charge is -2.17. The summed E-state index contributed by atoms with van der Waals surface area (Å²) >= 11 is 0. The van der Waals surface area contributed by atoms with Crippen molar-refractivity contribution in [1.82, 2.24) is 0 Å². The van der Waals surface area contributed by atoms with Crippen LogP contribution in [0.2, 0.25) is 25.7 Å². The van der Waals surface area contributed by atoms with E-state index in [1.165, 1.54) is 5.57 Å². The van der Waals surface area contributed by atoms with Crippen LogP contribution in [0.25, 0.3) is 0 Å². The highest BCUT2D eigenvalue weighted by molar-refractivity contribution is 6.76. The molecule has 0 saturated heterocycles. The molecule has 0 aliphatic heterocycles. The van der Waals surface area contributed by atoms with Gasteiger partial charge in [0, 0.05) is 14.5 Å². The van der Waals surface area contributed by atoms with Crippen LogP contribution in [0, 0.1) is 0 Å². The topological polar surface area (TPSA) is 26.3 Å². The minimum absolute atomic E-state index is 0.107. The summed E-state index contributed by atoms with van der Waals surface area (Å²) in [5, 5.41) is 0. The molecule has 0 amide bonds. The Morgan fingerprint density at radius 3 is 2.29 bits per heavy atom. The number of hydrogen-bond donors (Lipinski definition) is 0. The van der Waals surface area contributed by atoms with Crippen molar-refractivity contribution in [3.63, 3.8) is 0 Å². The second-order valence-electron chi connectivity index (χ2n) is 4.79. The van der Waals surface area contributed by atoms with Crippen molar-refractivity contribution in [3.8, 4) is 0 Å². The third-order valence-corrected chi connectivity index (χ3v) is 3.33. The maximum absolute atomic E-state index is 11.1. The summed E-state index contributed by atoms with van der Waals surface area (Å²) in [4.78, 5) is 11.1. The predicted molar refractivity (Wildman–Crippen MR) is 63.2 cm³/mol. The Labute approximate surface area is 88.4 Å². The number of ether oxygens (including phenoxy) is 1. The van der Waals surface area contributed by atoms with Crippen molar-refractivity contribution in [2.24, 2.45) is 0 Å². The number of allylic oxidation sites excluding steroid dienone is 1. The lowest BCUT2D eigenvalue weighted by Crippen LogP contribution is -2.20. The minimum Gasteiger partial charge on any atom is -0.466 e. The van der Waals surface area contributed by atoms with Gasteiger partial charge < -0.3 is 4.74 Å². The summed E-state index contributed by atoms with van der Waals surface area (Å²) < 4.78 is 4.85. The molecule has 0 rings (SSSR count). The Hall–Kier alpha value is -0.573. The first-order valence-electron chi connectivity index (χ1n) is 5.17. The van der Waals surface area contributed by atoms with Crippen molar-refractivity contribution in [2.45, 2.75) is 45.5 Å². The first-order valence-corrected chi connectivity index (χ1v) is 8.88. The molecule has 0 spiro atoms. The molecule has 3 heteroatoms. The van der Waals surface area contributed by atoms with Gasteiger partial charge in [0.1, 0.15) is 0 Å². The van der Waals surface area contributed by atoms with Crippen LogP contribution in [0.15, 0.2) is 12.2 Å². The Morgan fingerprint density at radius 1 is 1.29 bits per heavy atom. The van der Waals surface area contributed by atoms with Gasteiger partial charge in [-0.15, -0.1) is 6.58 Å². The van der Waals surface area contributed by atoms with Crippen LogP contribution in [-0.2, 0) is 9.53 Å². The largest absolute Gasteiger partial charge is 0.466 e. The Kier molecular flexibility index (Phi) is 5.77. The Balaban J connectivity index is 3.70. The number of carbonyl (C=O) groups is 1. The molecule has 0 saturated carbocycles. The average Bonchev–Trinajstić information content (AvgIpc) is 1.98. The molecule has 14 heavy (non-hydrogen) atoms. The van der Waals surface area contributed by atoms with E-state index in [4.69, 9.17) is 4.74 Å². The van der Waals surface area contributed by atoms with E-state index in [2.05, 4.69) is 26.2 Å². The molecule has 0 aliphatic carbocycles. The average molecular weight is 214 g/mol. The summed E-state index contributed by atoms with van der Waals surface area (Å²) in [6.45, 7) is 13.2. The van der Waals surface area contributed by atoms with Gasteiger partial charge in [-0.2, -0.15) is 0 Å². The summed E-state index contributed by atoms with van der Waals surface area (Å²) in [6.07, 6.45) is 1.26. The highest BCUT2D eigenvalue weighted by Crippen LogP contribution is 2.18. The maximum atomic E-state index is 11.1. The van der Waals surface area contributed by atoms with E-state index in [0.29, 0.717) is 13.0 Å². The van der Waals surface area contributed by atoms with Crippen LogP contribution in [0.4, 0.5) is 0 Å². The van der Waals surface area contributed by atoms with E-state index < -0.39 is 8.07 Å². The van der Waals surface area contributed by atoms with Gasteiger partial charge in [-0.1, -0.05) is 25.2 Å². The number of carbonyl (C=O) groups excluding carboxylic acids is 1. The second kappa shape index (κ2) is 6.01. The van der Waals surface area contributed by atoms with Gasteiger partial charge in [0.2, 0.25) is 0 Å². The fourth-order valence-corrected chi connectivity index (χ4v) is 3.03.